The lowest BCUT2D eigenvalue weighted by molar-refractivity contribution is -0.136. The first-order chi connectivity index (χ1) is 38.0. The van der Waals surface area contributed by atoms with Gasteiger partial charge in [-0.2, -0.15) is 0 Å². The molecule has 25 N–H and O–H groups in total. The molecule has 8 atom stereocenters. The highest BCUT2D eigenvalue weighted by molar-refractivity contribution is 5.98. The van der Waals surface area contributed by atoms with E-state index in [-0.39, 0.29) is 101 Å². The second-order valence-electron chi connectivity index (χ2n) is 20.4. The molecule has 1 aromatic rings. The Morgan fingerprint density at radius 3 is 1.15 bits per heavy atom. The van der Waals surface area contributed by atoms with Crippen LogP contribution in [0.3, 0.4) is 0 Å². The summed E-state index contributed by atoms with van der Waals surface area (Å²) >= 11 is 0. The normalized spacial score (nSPS) is 13.9. The van der Waals surface area contributed by atoms with Crippen molar-refractivity contribution in [3.8, 4) is 5.75 Å². The van der Waals surface area contributed by atoms with Crippen LogP contribution in [0.25, 0.3) is 0 Å². The maximum atomic E-state index is 14.6. The molecule has 0 aliphatic rings. The van der Waals surface area contributed by atoms with E-state index in [9.17, 15) is 57.8 Å². The highest BCUT2D eigenvalue weighted by Gasteiger charge is 2.35. The van der Waals surface area contributed by atoms with Gasteiger partial charge in [-0.15, -0.1) is 0 Å². The van der Waals surface area contributed by atoms with E-state index in [2.05, 4.69) is 52.5 Å². The first kappa shape index (κ1) is 70.7. The van der Waals surface area contributed by atoms with Crippen molar-refractivity contribution in [3.63, 3.8) is 0 Å². The van der Waals surface area contributed by atoms with Gasteiger partial charge in [0.1, 0.15) is 54.1 Å². The molecule has 0 saturated carbocycles. The van der Waals surface area contributed by atoms with Gasteiger partial charge in [0.15, 0.2) is 11.9 Å². The van der Waals surface area contributed by atoms with E-state index in [0.29, 0.717) is 18.4 Å². The van der Waals surface area contributed by atoms with E-state index in [1.54, 1.807) is 0 Å². The first-order valence-electron chi connectivity index (χ1n) is 26.9. The van der Waals surface area contributed by atoms with Crippen LogP contribution >= 0.6 is 0 Å². The Balaban J connectivity index is 3.79. The van der Waals surface area contributed by atoms with Gasteiger partial charge in [0.2, 0.25) is 65.0 Å². The molecule has 0 spiro atoms. The molecule has 0 heterocycles. The molecule has 0 saturated heterocycles. The fraction of sp³-hybridized carbons (Fsp3) is 0.627. The summed E-state index contributed by atoms with van der Waals surface area (Å²) < 4.78 is 0. The van der Waals surface area contributed by atoms with Crippen molar-refractivity contribution in [1.82, 2.24) is 42.5 Å². The fourth-order valence-electron chi connectivity index (χ4n) is 8.07. The lowest BCUT2D eigenvalue weighted by atomic mass is 9.99. The molecule has 1 aromatic carbocycles. The van der Waals surface area contributed by atoms with E-state index in [4.69, 9.17) is 45.9 Å². The molecule has 0 radical (unpaired) electrons. The Labute approximate surface area is 471 Å². The molecule has 30 nitrogen and oxygen atoms in total. The summed E-state index contributed by atoms with van der Waals surface area (Å²) in [5.74, 6) is -10.1. The molecule has 0 bridgehead atoms. The third-order valence-electron chi connectivity index (χ3n) is 12.1. The second kappa shape index (κ2) is 37.5. The van der Waals surface area contributed by atoms with Gasteiger partial charge in [0, 0.05) is 39.3 Å². The van der Waals surface area contributed by atoms with Crippen molar-refractivity contribution in [3.05, 3.63) is 29.8 Å². The number of phenolic OH excluding ortho intramolecular Hbond substituents is 1. The topological polar surface area (TPSA) is 537 Å². The molecule has 30 heteroatoms. The number of phenols is 1. The van der Waals surface area contributed by atoms with Crippen LogP contribution in [0.4, 0.5) is 0 Å². The number of hydrogen-bond donors (Lipinski definition) is 17. The lowest BCUT2D eigenvalue weighted by Gasteiger charge is -2.28. The third-order valence-corrected chi connectivity index (χ3v) is 12.1. The minimum Gasteiger partial charge on any atom is -0.508 e. The van der Waals surface area contributed by atoms with Crippen LogP contribution in [0.2, 0.25) is 0 Å². The molecule has 81 heavy (non-hydrogen) atoms. The molecule has 0 aromatic heterocycles. The van der Waals surface area contributed by atoms with Crippen LogP contribution in [0.5, 0.6) is 5.75 Å². The van der Waals surface area contributed by atoms with Crippen molar-refractivity contribution >= 4 is 76.9 Å². The number of carbonyl (C=O) groups excluding carboxylic acids is 11. The predicted molar refractivity (Wildman–Crippen MR) is 301 cm³/mol. The molecule has 454 valence electrons. The molecule has 0 unspecified atom stereocenters. The molecule has 11 amide bonds. The van der Waals surface area contributed by atoms with Gasteiger partial charge in [-0.3, -0.25) is 62.7 Å². The predicted octanol–water partition coefficient (Wildman–Crippen LogP) is -4.82. The Morgan fingerprint density at radius 1 is 0.444 bits per heavy atom. The SMILES string of the molecule is CC(=O)N[C@@H](CCCN=C(N)N)C(=O)N[C@@H](CCC(N)=O)C(=O)N[C@@H](CCC(N)=O)C(=O)N[C@@H](Cc1ccc(O)cc1)C(=O)N[C@@H](CCCN=C(N)N)C(=O)N[C@@H](CCCCN)C(=O)N[C@@H](CC(C)C)C(=O)N[C@@H](CC(C)C)C(N)=O. The Kier molecular flexibility index (Phi) is 32.8. The molecule has 1 rings (SSSR count). The number of carbonyl (C=O) groups is 11. The first-order valence-corrected chi connectivity index (χ1v) is 26.9. The number of nitrogens with zero attached hydrogens (tertiary/aromatic N) is 2. The van der Waals surface area contributed by atoms with Crippen molar-refractivity contribution in [2.45, 2.75) is 173 Å². The van der Waals surface area contributed by atoms with Gasteiger partial charge in [-0.25, -0.2) is 0 Å². The van der Waals surface area contributed by atoms with E-state index in [1.807, 2.05) is 27.7 Å². The Morgan fingerprint density at radius 2 is 0.778 bits per heavy atom. The second-order valence-corrected chi connectivity index (χ2v) is 20.4. The van der Waals surface area contributed by atoms with Gasteiger partial charge >= 0.3 is 0 Å². The van der Waals surface area contributed by atoms with Crippen LogP contribution in [0.1, 0.15) is 124 Å². The summed E-state index contributed by atoms with van der Waals surface area (Å²) in [5, 5.41) is 30.7. The highest BCUT2D eigenvalue weighted by Crippen LogP contribution is 2.15. The van der Waals surface area contributed by atoms with E-state index >= 15 is 0 Å². The molecular formula is C51H88N18O12. The monoisotopic (exact) mass is 1140 g/mol. The number of benzene rings is 1. The minimum atomic E-state index is -1.66. The number of hydrogen-bond acceptors (Lipinski definition) is 15. The van der Waals surface area contributed by atoms with Crippen LogP contribution in [-0.2, 0) is 59.2 Å². The fourth-order valence-corrected chi connectivity index (χ4v) is 8.07. The van der Waals surface area contributed by atoms with Crippen LogP contribution in [-0.4, -0.2) is 150 Å². The number of unbranched alkanes of at least 4 members (excludes halogenated alkanes) is 1. The van der Waals surface area contributed by atoms with Crippen molar-refractivity contribution < 1.29 is 57.8 Å². The Hall–Kier alpha value is -8.31. The van der Waals surface area contributed by atoms with E-state index in [1.165, 1.54) is 24.3 Å². The summed E-state index contributed by atoms with van der Waals surface area (Å²) in [7, 11) is 0. The van der Waals surface area contributed by atoms with Crippen LogP contribution < -0.4 is 88.4 Å². The van der Waals surface area contributed by atoms with Gasteiger partial charge in [-0.05, 0) is 107 Å². The number of primary amides is 3. The van der Waals surface area contributed by atoms with Crippen molar-refractivity contribution in [1.29, 1.82) is 0 Å². The molecular weight excluding hydrogens is 1060 g/mol. The standard InChI is InChI=1S/C51H88N18O12/c1-27(2)24-37(42(55)74)67-48(80)38(25-28(3)4)68-45(77)33(10-6-7-21-52)63-44(76)34(12-9-23-61-51(58)59)64-49(81)39(26-30-13-15-31(71)16-14-30)69-47(79)36(18-20-41(54)73)66-46(78)35(17-19-40(53)72)65-43(75)32(62-29(5)70)11-8-22-60-50(56)57/h13-16,27-28,32-39,71H,6-12,17-26,52H2,1-5H3,(H2,53,72)(H2,54,73)(H2,55,74)(H,62,70)(H,63,76)(H,64,81)(H,65,75)(H,66,78)(H,67,80)(H,68,77)(H,69,79)(H4,56,57,60)(H4,58,59,61)/t32-,33-,34-,35-,36-,37-,38-,39-/m0/s1. The van der Waals surface area contributed by atoms with Crippen LogP contribution in [0, 0.1) is 11.8 Å². The van der Waals surface area contributed by atoms with E-state index in [0.717, 1.165) is 6.92 Å². The largest absolute Gasteiger partial charge is 0.508 e. The number of guanidine groups is 2. The number of nitrogens with one attached hydrogen (secondary N) is 8. The van der Waals surface area contributed by atoms with Gasteiger partial charge < -0.3 is 93.5 Å². The zero-order chi connectivity index (χ0) is 61.4. The number of nitrogens with two attached hydrogens (primary N) is 8. The van der Waals surface area contributed by atoms with E-state index < -0.39 is 139 Å². The summed E-state index contributed by atoms with van der Waals surface area (Å²) in [6.45, 7) is 8.80. The van der Waals surface area contributed by atoms with Gasteiger partial charge in [0.05, 0.1) is 0 Å². The number of rotatable bonds is 40. The average Bonchev–Trinajstić information content (AvgIpc) is 3.36. The summed E-state index contributed by atoms with van der Waals surface area (Å²) in [4.78, 5) is 155. The minimum absolute atomic E-state index is 0.00279. The van der Waals surface area contributed by atoms with Crippen molar-refractivity contribution in [2.75, 3.05) is 19.6 Å². The zero-order valence-corrected chi connectivity index (χ0v) is 47.1. The molecule has 0 aliphatic heterocycles. The van der Waals surface area contributed by atoms with Crippen LogP contribution in [0.15, 0.2) is 34.3 Å². The highest BCUT2D eigenvalue weighted by atomic mass is 16.3. The maximum absolute atomic E-state index is 14.6. The average molecular weight is 1150 g/mol. The third kappa shape index (κ3) is 30.6. The smallest absolute Gasteiger partial charge is 0.243 e. The number of aromatic hydroxyl groups is 1. The molecule has 0 fully saturated rings. The van der Waals surface area contributed by atoms with Crippen molar-refractivity contribution in [2.24, 2.45) is 67.7 Å². The Bertz CT molecular complexity index is 2330. The number of aliphatic imine (C=N–C) groups is 2. The maximum Gasteiger partial charge on any atom is 0.243 e. The summed E-state index contributed by atoms with van der Waals surface area (Å²) in [6.07, 6.45) is -0.764. The van der Waals surface area contributed by atoms with Gasteiger partial charge in [-0.1, -0.05) is 39.8 Å². The molecule has 0 aliphatic carbocycles. The quantitative estimate of drug-likeness (QED) is 0.0167. The lowest BCUT2D eigenvalue weighted by Crippen LogP contribution is -2.60. The van der Waals surface area contributed by atoms with Gasteiger partial charge in [0.25, 0.3) is 0 Å². The number of amides is 11. The summed E-state index contributed by atoms with van der Waals surface area (Å²) in [6, 6.07) is -5.49. The summed E-state index contributed by atoms with van der Waals surface area (Å²) in [5.41, 5.74) is 44.5. The zero-order valence-electron chi connectivity index (χ0n) is 47.1.